The average Bonchev–Trinajstić information content (AvgIpc) is 3.48. The molecule has 2 aromatic carbocycles. The van der Waals surface area contributed by atoms with Crippen LogP contribution in [-0.4, -0.2) is 40.5 Å². The Morgan fingerprint density at radius 2 is 1.79 bits per heavy atom. The highest BCUT2D eigenvalue weighted by atomic mass is 19.4. The number of hydrogen-bond acceptors (Lipinski definition) is 4. The Labute approximate surface area is 188 Å². The molecule has 1 aliphatic heterocycles. The summed E-state index contributed by atoms with van der Waals surface area (Å²) < 4.78 is 44.8. The first-order valence-electron chi connectivity index (χ1n) is 10.5. The first kappa shape index (κ1) is 22.6. The van der Waals surface area contributed by atoms with Gasteiger partial charge < -0.3 is 14.6 Å². The first-order chi connectivity index (χ1) is 15.8. The third-order valence-corrected chi connectivity index (χ3v) is 5.51. The molecule has 3 aromatic rings. The van der Waals surface area contributed by atoms with E-state index in [-0.39, 0.29) is 36.9 Å². The molecular weight excluding hydrogens is 435 g/mol. The Hall–Kier alpha value is -3.62. The minimum absolute atomic E-state index is 0.0376. The molecule has 2 heterocycles. The van der Waals surface area contributed by atoms with Crippen LogP contribution in [0.2, 0.25) is 0 Å². The van der Waals surface area contributed by atoms with Crippen LogP contribution in [0.5, 0.6) is 0 Å². The summed E-state index contributed by atoms with van der Waals surface area (Å²) in [7, 11) is 0. The molecule has 1 N–H and O–H groups in total. The van der Waals surface area contributed by atoms with Gasteiger partial charge in [-0.2, -0.15) is 13.2 Å². The van der Waals surface area contributed by atoms with Gasteiger partial charge in [0.25, 0.3) is 5.91 Å². The summed E-state index contributed by atoms with van der Waals surface area (Å²) in [5.74, 6) is -0.747. The van der Waals surface area contributed by atoms with E-state index in [0.717, 1.165) is 22.3 Å². The smallest absolute Gasteiger partial charge is 0.408 e. The SMILES string of the molecule is O=C(Cc1ccccc1)NCc1ccc(-c2nc(C(=O)N3CCCC3C(F)(F)F)co2)cc1. The number of alkyl halides is 3. The van der Waals surface area contributed by atoms with Gasteiger partial charge in [-0.25, -0.2) is 4.98 Å². The molecule has 4 rings (SSSR count). The van der Waals surface area contributed by atoms with Crippen molar-refractivity contribution < 1.29 is 27.2 Å². The monoisotopic (exact) mass is 457 g/mol. The number of carbonyl (C=O) groups excluding carboxylic acids is 2. The Balaban J connectivity index is 1.36. The second-order valence-corrected chi connectivity index (χ2v) is 7.87. The lowest BCUT2D eigenvalue weighted by molar-refractivity contribution is -0.169. The summed E-state index contributed by atoms with van der Waals surface area (Å²) in [5, 5.41) is 2.85. The maximum absolute atomic E-state index is 13.2. The molecule has 1 aromatic heterocycles. The van der Waals surface area contributed by atoms with Crippen molar-refractivity contribution in [3.63, 3.8) is 0 Å². The van der Waals surface area contributed by atoms with Crippen LogP contribution in [0, 0.1) is 0 Å². The zero-order valence-corrected chi connectivity index (χ0v) is 17.6. The lowest BCUT2D eigenvalue weighted by atomic mass is 10.1. The lowest BCUT2D eigenvalue weighted by Gasteiger charge is -2.25. The zero-order chi connectivity index (χ0) is 23.4. The van der Waals surface area contributed by atoms with Gasteiger partial charge in [-0.1, -0.05) is 42.5 Å². The van der Waals surface area contributed by atoms with Crippen LogP contribution in [0.3, 0.4) is 0 Å². The highest BCUT2D eigenvalue weighted by molar-refractivity contribution is 5.93. The average molecular weight is 457 g/mol. The van der Waals surface area contributed by atoms with Crippen LogP contribution in [0.25, 0.3) is 11.5 Å². The summed E-state index contributed by atoms with van der Waals surface area (Å²) in [6, 6.07) is 14.6. The van der Waals surface area contributed by atoms with E-state index in [0.29, 0.717) is 18.5 Å². The molecule has 9 heteroatoms. The third-order valence-electron chi connectivity index (χ3n) is 5.51. The molecule has 33 heavy (non-hydrogen) atoms. The van der Waals surface area contributed by atoms with E-state index in [1.807, 2.05) is 30.3 Å². The minimum Gasteiger partial charge on any atom is -0.444 e. The van der Waals surface area contributed by atoms with Gasteiger partial charge in [0.15, 0.2) is 5.69 Å². The molecule has 1 aliphatic rings. The number of aromatic nitrogens is 1. The number of carbonyl (C=O) groups is 2. The molecule has 2 amide bonds. The normalized spacial score (nSPS) is 16.1. The number of halogens is 3. The van der Waals surface area contributed by atoms with E-state index in [1.165, 1.54) is 0 Å². The van der Waals surface area contributed by atoms with Gasteiger partial charge in [-0.05, 0) is 36.1 Å². The number of oxazole rings is 1. The van der Waals surface area contributed by atoms with E-state index in [9.17, 15) is 22.8 Å². The van der Waals surface area contributed by atoms with Gasteiger partial charge in [-0.15, -0.1) is 0 Å². The number of hydrogen-bond donors (Lipinski definition) is 1. The Kier molecular flexibility index (Phi) is 6.48. The van der Waals surface area contributed by atoms with Gasteiger partial charge in [-0.3, -0.25) is 9.59 Å². The molecule has 0 saturated carbocycles. The van der Waals surface area contributed by atoms with Crippen molar-refractivity contribution in [2.24, 2.45) is 0 Å². The highest BCUT2D eigenvalue weighted by Crippen LogP contribution is 2.33. The maximum atomic E-state index is 13.2. The van der Waals surface area contributed by atoms with Crippen LogP contribution in [0.4, 0.5) is 13.2 Å². The lowest BCUT2D eigenvalue weighted by Crippen LogP contribution is -2.44. The third kappa shape index (κ3) is 5.42. The van der Waals surface area contributed by atoms with Crippen molar-refractivity contribution >= 4 is 11.8 Å². The number of nitrogens with one attached hydrogen (secondary N) is 1. The van der Waals surface area contributed by atoms with Crippen molar-refractivity contribution in [3.8, 4) is 11.5 Å². The number of likely N-dealkylation sites (tertiary alicyclic amines) is 1. The predicted octanol–water partition coefficient (Wildman–Crippen LogP) is 4.37. The van der Waals surface area contributed by atoms with E-state index in [4.69, 9.17) is 4.42 Å². The van der Waals surface area contributed by atoms with Gasteiger partial charge in [0.1, 0.15) is 12.3 Å². The standard InChI is InChI=1S/C24H22F3N3O3/c25-24(26,27)20-7-4-12-30(20)23(32)19-15-33-22(29-19)18-10-8-17(9-11-18)14-28-21(31)13-16-5-2-1-3-6-16/h1-3,5-6,8-11,15,20H,4,7,12-14H2,(H,28,31). The summed E-state index contributed by atoms with van der Waals surface area (Å²) in [6.07, 6.45) is -2.91. The molecule has 0 radical (unpaired) electrons. The van der Waals surface area contributed by atoms with Crippen molar-refractivity contribution in [1.82, 2.24) is 15.2 Å². The minimum atomic E-state index is -4.47. The molecule has 6 nitrogen and oxygen atoms in total. The first-order valence-corrected chi connectivity index (χ1v) is 10.5. The molecular formula is C24H22F3N3O3. The fourth-order valence-electron chi connectivity index (χ4n) is 3.81. The molecule has 0 spiro atoms. The van der Waals surface area contributed by atoms with Crippen molar-refractivity contribution in [2.75, 3.05) is 6.54 Å². The largest absolute Gasteiger partial charge is 0.444 e. The topological polar surface area (TPSA) is 75.4 Å². The Morgan fingerprint density at radius 1 is 1.06 bits per heavy atom. The number of amides is 2. The molecule has 0 aliphatic carbocycles. The summed E-state index contributed by atoms with van der Waals surface area (Å²) in [4.78, 5) is 29.5. The maximum Gasteiger partial charge on any atom is 0.408 e. The number of nitrogens with zero attached hydrogens (tertiary/aromatic N) is 2. The fourth-order valence-corrected chi connectivity index (χ4v) is 3.81. The van der Waals surface area contributed by atoms with Crippen molar-refractivity contribution in [2.45, 2.75) is 38.0 Å². The molecule has 1 saturated heterocycles. The van der Waals surface area contributed by atoms with Gasteiger partial charge >= 0.3 is 6.18 Å². The second kappa shape index (κ2) is 9.48. The second-order valence-electron chi connectivity index (χ2n) is 7.87. The fraction of sp³-hybridized carbons (Fsp3) is 0.292. The van der Waals surface area contributed by atoms with Gasteiger partial charge in [0.05, 0.1) is 6.42 Å². The zero-order valence-electron chi connectivity index (χ0n) is 17.6. The van der Waals surface area contributed by atoms with E-state index in [2.05, 4.69) is 10.3 Å². The van der Waals surface area contributed by atoms with Crippen molar-refractivity contribution in [1.29, 1.82) is 0 Å². The summed E-state index contributed by atoms with van der Waals surface area (Å²) in [5.41, 5.74) is 2.20. The Bertz CT molecular complexity index is 1110. The van der Waals surface area contributed by atoms with E-state index in [1.54, 1.807) is 24.3 Å². The van der Waals surface area contributed by atoms with Crippen LogP contribution >= 0.6 is 0 Å². The van der Waals surface area contributed by atoms with E-state index < -0.39 is 18.1 Å². The molecule has 1 fully saturated rings. The number of rotatable bonds is 6. The van der Waals surface area contributed by atoms with Crippen LogP contribution < -0.4 is 5.32 Å². The van der Waals surface area contributed by atoms with Crippen LogP contribution in [0.15, 0.2) is 65.3 Å². The van der Waals surface area contributed by atoms with Crippen LogP contribution in [-0.2, 0) is 17.8 Å². The van der Waals surface area contributed by atoms with Gasteiger partial charge in [0.2, 0.25) is 11.8 Å². The number of benzene rings is 2. The summed E-state index contributed by atoms with van der Waals surface area (Å²) in [6.45, 7) is 0.380. The van der Waals surface area contributed by atoms with Gasteiger partial charge in [0, 0.05) is 18.7 Å². The quantitative estimate of drug-likeness (QED) is 0.597. The highest BCUT2D eigenvalue weighted by Gasteiger charge is 2.48. The van der Waals surface area contributed by atoms with Crippen molar-refractivity contribution in [3.05, 3.63) is 77.7 Å². The molecule has 1 unspecified atom stereocenters. The Morgan fingerprint density at radius 3 is 2.48 bits per heavy atom. The molecule has 1 atom stereocenters. The molecule has 0 bridgehead atoms. The predicted molar refractivity (Wildman–Crippen MR) is 114 cm³/mol. The molecule has 172 valence electrons. The van der Waals surface area contributed by atoms with E-state index >= 15 is 0 Å². The van der Waals surface area contributed by atoms with Crippen LogP contribution in [0.1, 0.15) is 34.5 Å². The summed E-state index contributed by atoms with van der Waals surface area (Å²) >= 11 is 0.